The average Bonchev–Trinajstić information content (AvgIpc) is 3.66. The third kappa shape index (κ3) is 5.25. The molecule has 0 radical (unpaired) electrons. The highest BCUT2D eigenvalue weighted by Gasteiger charge is 2.34. The van der Waals surface area contributed by atoms with E-state index in [1.165, 1.54) is 18.8 Å². The van der Waals surface area contributed by atoms with E-state index < -0.39 is 10.2 Å². The Morgan fingerprint density at radius 2 is 1.84 bits per heavy atom. The Morgan fingerprint density at radius 3 is 2.50 bits per heavy atom. The van der Waals surface area contributed by atoms with Gasteiger partial charge in [-0.15, -0.1) is 0 Å². The van der Waals surface area contributed by atoms with Crippen LogP contribution < -0.4 is 14.2 Å². The molecule has 200 valence electrons. The maximum absolute atomic E-state index is 12.5. The molecule has 2 N–H and O–H groups in total. The zero-order valence-corrected chi connectivity index (χ0v) is 22.6. The molecule has 3 saturated carbocycles. The van der Waals surface area contributed by atoms with Crippen molar-refractivity contribution in [2.45, 2.75) is 75.8 Å². The number of nitrogens with one attached hydrogen (secondary N) is 2. The first-order valence-corrected chi connectivity index (χ1v) is 15.3. The molecular weight excluding hydrogens is 524 g/mol. The monoisotopic (exact) mass is 554 g/mol. The van der Waals surface area contributed by atoms with Gasteiger partial charge in [-0.1, -0.05) is 11.6 Å². The number of hydrogen-bond donors (Lipinski definition) is 2. The van der Waals surface area contributed by atoms with Crippen molar-refractivity contribution in [2.75, 3.05) is 6.54 Å². The lowest BCUT2D eigenvalue weighted by atomic mass is 9.82. The van der Waals surface area contributed by atoms with Gasteiger partial charge in [-0.2, -0.15) is 18.4 Å². The highest BCUT2D eigenvalue weighted by Crippen LogP contribution is 2.45. The van der Waals surface area contributed by atoms with Crippen molar-refractivity contribution in [1.82, 2.24) is 24.0 Å². The molecular formula is C27H31ClN6O3S. The Hall–Kier alpha value is -2.71. The number of halogens is 1. The maximum Gasteiger partial charge on any atom is 0.277 e. The summed E-state index contributed by atoms with van der Waals surface area (Å²) in [5, 5.41) is 11.4. The van der Waals surface area contributed by atoms with E-state index in [4.69, 9.17) is 16.3 Å². The standard InChI is InChI=1S/C27H31ClN6O3S/c28-26-27(31-13-12-30-26)37-21-10-11-22-23(15-29)25(34(24(22)14-21)20-2-1-3-20)18-6-8-19(9-7-18)33-38(35,36)32-16-17-4-5-17/h10-14,17-20,32-33H,1-9,16H2. The fourth-order valence-electron chi connectivity index (χ4n) is 5.71. The van der Waals surface area contributed by atoms with Crippen molar-refractivity contribution < 1.29 is 13.2 Å². The highest BCUT2D eigenvalue weighted by atomic mass is 35.5. The summed E-state index contributed by atoms with van der Waals surface area (Å²) in [5.74, 6) is 1.51. The maximum atomic E-state index is 12.5. The van der Waals surface area contributed by atoms with E-state index in [1.807, 2.05) is 18.2 Å². The number of ether oxygens (including phenoxy) is 1. The largest absolute Gasteiger partial charge is 0.436 e. The molecule has 3 aromatic rings. The van der Waals surface area contributed by atoms with Crippen molar-refractivity contribution in [3.8, 4) is 17.7 Å². The Labute approximate surface area is 227 Å². The van der Waals surface area contributed by atoms with Crippen LogP contribution in [0.4, 0.5) is 0 Å². The third-order valence-electron chi connectivity index (χ3n) is 8.10. The van der Waals surface area contributed by atoms with Gasteiger partial charge in [0.05, 0.1) is 11.1 Å². The zero-order chi connectivity index (χ0) is 26.3. The average molecular weight is 555 g/mol. The van der Waals surface area contributed by atoms with Crippen LogP contribution in [0.15, 0.2) is 30.6 Å². The van der Waals surface area contributed by atoms with Crippen LogP contribution in [0.5, 0.6) is 11.6 Å². The van der Waals surface area contributed by atoms with Crippen LogP contribution in [0.1, 0.15) is 81.0 Å². The van der Waals surface area contributed by atoms with Gasteiger partial charge in [0.15, 0.2) is 5.15 Å². The minimum atomic E-state index is -3.49. The molecule has 38 heavy (non-hydrogen) atoms. The number of fused-ring (bicyclic) bond motifs is 1. The summed E-state index contributed by atoms with van der Waals surface area (Å²) in [4.78, 5) is 8.21. The number of nitrogens with zero attached hydrogens (tertiary/aromatic N) is 4. The lowest BCUT2D eigenvalue weighted by molar-refractivity contribution is 0.296. The molecule has 0 saturated heterocycles. The summed E-state index contributed by atoms with van der Waals surface area (Å²) in [6, 6.07) is 8.49. The van der Waals surface area contributed by atoms with Gasteiger partial charge in [-0.3, -0.25) is 0 Å². The van der Waals surface area contributed by atoms with E-state index in [1.54, 1.807) is 0 Å². The summed E-state index contributed by atoms with van der Waals surface area (Å²) in [6.45, 7) is 0.520. The van der Waals surface area contributed by atoms with Crippen molar-refractivity contribution in [2.24, 2.45) is 5.92 Å². The number of aromatic nitrogens is 3. The molecule has 6 rings (SSSR count). The second-order valence-electron chi connectivity index (χ2n) is 10.7. The third-order valence-corrected chi connectivity index (χ3v) is 9.55. The Morgan fingerprint density at radius 1 is 1.08 bits per heavy atom. The van der Waals surface area contributed by atoms with Crippen LogP contribution in [0, 0.1) is 17.2 Å². The molecule has 9 nitrogen and oxygen atoms in total. The van der Waals surface area contributed by atoms with Crippen molar-refractivity contribution in [3.63, 3.8) is 0 Å². The summed E-state index contributed by atoms with van der Waals surface area (Å²) >= 11 is 6.15. The van der Waals surface area contributed by atoms with Crippen LogP contribution in [0.25, 0.3) is 10.9 Å². The van der Waals surface area contributed by atoms with Gasteiger partial charge in [0, 0.05) is 54.1 Å². The number of nitriles is 1. The Kier molecular flexibility index (Phi) is 7.03. The molecule has 3 aliphatic carbocycles. The predicted molar refractivity (Wildman–Crippen MR) is 144 cm³/mol. The molecule has 0 spiro atoms. The quantitative estimate of drug-likeness (QED) is 0.368. The Balaban J connectivity index is 1.26. The predicted octanol–water partition coefficient (Wildman–Crippen LogP) is 5.33. The SMILES string of the molecule is N#Cc1c(C2CCC(NS(=O)(=O)NCC3CC3)CC2)n(C2CCC2)c2cc(Oc3nccnc3Cl)ccc12. The van der Waals surface area contributed by atoms with Gasteiger partial charge < -0.3 is 9.30 Å². The van der Waals surface area contributed by atoms with Gasteiger partial charge >= 0.3 is 0 Å². The molecule has 0 amide bonds. The molecule has 3 aliphatic rings. The highest BCUT2D eigenvalue weighted by molar-refractivity contribution is 7.87. The van der Waals surface area contributed by atoms with E-state index in [9.17, 15) is 13.7 Å². The van der Waals surface area contributed by atoms with Crippen LogP contribution in [0.3, 0.4) is 0 Å². The minimum absolute atomic E-state index is 0.0910. The first-order chi connectivity index (χ1) is 18.4. The first-order valence-electron chi connectivity index (χ1n) is 13.4. The van der Waals surface area contributed by atoms with Crippen molar-refractivity contribution >= 4 is 32.7 Å². The van der Waals surface area contributed by atoms with Crippen molar-refractivity contribution in [3.05, 3.63) is 47.0 Å². The molecule has 0 aliphatic heterocycles. The van der Waals surface area contributed by atoms with E-state index in [0.717, 1.165) is 68.0 Å². The first kappa shape index (κ1) is 25.6. The molecule has 2 aromatic heterocycles. The minimum Gasteiger partial charge on any atom is -0.436 e. The van der Waals surface area contributed by atoms with E-state index in [2.05, 4.69) is 30.0 Å². The molecule has 2 heterocycles. The second-order valence-corrected chi connectivity index (χ2v) is 12.6. The van der Waals surface area contributed by atoms with Gasteiger partial charge in [-0.25, -0.2) is 14.7 Å². The Bertz CT molecular complexity index is 1480. The fraction of sp³-hybridized carbons (Fsp3) is 0.519. The summed E-state index contributed by atoms with van der Waals surface area (Å²) < 4.78 is 38.8. The fourth-order valence-corrected chi connectivity index (χ4v) is 7.07. The van der Waals surface area contributed by atoms with Crippen LogP contribution >= 0.6 is 11.6 Å². The summed E-state index contributed by atoms with van der Waals surface area (Å²) in [5.41, 5.74) is 2.77. The van der Waals surface area contributed by atoms with Gasteiger partial charge in [0.1, 0.15) is 11.8 Å². The number of rotatable bonds is 9. The zero-order valence-electron chi connectivity index (χ0n) is 21.1. The summed E-state index contributed by atoms with van der Waals surface area (Å²) in [6.07, 6.45) is 11.7. The van der Waals surface area contributed by atoms with Gasteiger partial charge in [0.2, 0.25) is 0 Å². The molecule has 11 heteroatoms. The summed E-state index contributed by atoms with van der Waals surface area (Å²) in [7, 11) is -3.49. The van der Waals surface area contributed by atoms with Gasteiger partial charge in [-0.05, 0) is 75.8 Å². The van der Waals surface area contributed by atoms with E-state index in [0.29, 0.717) is 29.8 Å². The van der Waals surface area contributed by atoms with Crippen molar-refractivity contribution in [1.29, 1.82) is 5.26 Å². The molecule has 0 atom stereocenters. The molecule has 0 bridgehead atoms. The lowest BCUT2D eigenvalue weighted by Crippen LogP contribution is -2.44. The molecule has 3 fully saturated rings. The smallest absolute Gasteiger partial charge is 0.277 e. The van der Waals surface area contributed by atoms with E-state index >= 15 is 0 Å². The van der Waals surface area contributed by atoms with E-state index in [-0.39, 0.29) is 23.0 Å². The molecule has 1 aromatic carbocycles. The molecule has 0 unspecified atom stereocenters. The van der Waals surface area contributed by atoms with Crippen LogP contribution in [0.2, 0.25) is 5.15 Å². The number of hydrogen-bond acceptors (Lipinski definition) is 6. The topological polar surface area (TPSA) is 122 Å². The van der Waals surface area contributed by atoms with Crippen LogP contribution in [-0.4, -0.2) is 35.5 Å². The second kappa shape index (κ2) is 10.5. The lowest BCUT2D eigenvalue weighted by Gasteiger charge is -2.35. The number of benzene rings is 1. The van der Waals surface area contributed by atoms with Crippen LogP contribution in [-0.2, 0) is 10.2 Å². The normalized spacial score (nSPS) is 22.2. The van der Waals surface area contributed by atoms with Gasteiger partial charge in [0.25, 0.3) is 16.1 Å².